The van der Waals surface area contributed by atoms with Crippen LogP contribution >= 0.6 is 35.3 Å². The molecule has 8 heteroatoms. The van der Waals surface area contributed by atoms with Crippen LogP contribution in [0.4, 0.5) is 0 Å². The van der Waals surface area contributed by atoms with Crippen molar-refractivity contribution >= 4 is 41.3 Å². The minimum atomic E-state index is 0. The van der Waals surface area contributed by atoms with Crippen LogP contribution in [0, 0.1) is 13.8 Å². The lowest BCUT2D eigenvalue weighted by atomic mass is 10.1. The molecule has 0 bridgehead atoms. The highest BCUT2D eigenvalue weighted by Crippen LogP contribution is 2.15. The van der Waals surface area contributed by atoms with Crippen LogP contribution in [0.5, 0.6) is 0 Å². The first-order chi connectivity index (χ1) is 14.2. The summed E-state index contributed by atoms with van der Waals surface area (Å²) in [5, 5.41) is 7.75. The third kappa shape index (κ3) is 7.39. The Bertz CT molecular complexity index is 899. The molecule has 0 radical (unpaired) electrons. The first kappa shape index (κ1) is 24.3. The van der Waals surface area contributed by atoms with E-state index in [4.69, 9.17) is 4.99 Å². The fraction of sp³-hybridized carbons (Fsp3) is 0.409. The number of hydrogen-bond acceptors (Lipinski definition) is 4. The van der Waals surface area contributed by atoms with Crippen LogP contribution in [-0.2, 0) is 26.1 Å². The molecule has 6 nitrogen and oxygen atoms in total. The molecule has 0 aliphatic heterocycles. The van der Waals surface area contributed by atoms with Crippen molar-refractivity contribution in [2.45, 2.75) is 53.2 Å². The Morgan fingerprint density at radius 1 is 1.17 bits per heavy atom. The zero-order chi connectivity index (χ0) is 20.5. The number of rotatable bonds is 9. The molecule has 0 unspecified atom stereocenters. The second-order valence-corrected chi connectivity index (χ2v) is 8.21. The fourth-order valence-corrected chi connectivity index (χ4v) is 3.93. The maximum atomic E-state index is 4.72. The van der Waals surface area contributed by atoms with E-state index in [2.05, 4.69) is 69.3 Å². The van der Waals surface area contributed by atoms with Gasteiger partial charge >= 0.3 is 0 Å². The molecule has 0 spiro atoms. The van der Waals surface area contributed by atoms with E-state index in [1.54, 1.807) is 11.3 Å². The smallest absolute Gasteiger partial charge is 0.192 e. The molecule has 3 aromatic rings. The summed E-state index contributed by atoms with van der Waals surface area (Å²) >= 11 is 1.73. The minimum Gasteiger partial charge on any atom is -0.357 e. The summed E-state index contributed by atoms with van der Waals surface area (Å²) in [5.74, 6) is 1.77. The molecule has 1 aromatic carbocycles. The number of guanidine groups is 1. The van der Waals surface area contributed by atoms with E-state index in [-0.39, 0.29) is 24.0 Å². The van der Waals surface area contributed by atoms with Crippen LogP contribution < -0.4 is 10.6 Å². The summed E-state index contributed by atoms with van der Waals surface area (Å²) < 4.78 is 2.20. The van der Waals surface area contributed by atoms with Crippen molar-refractivity contribution in [3.8, 4) is 0 Å². The molecule has 3 rings (SSSR count). The molecule has 0 aliphatic rings. The summed E-state index contributed by atoms with van der Waals surface area (Å²) in [6.07, 6.45) is 6.04. The molecular formula is C22H31IN6S. The van der Waals surface area contributed by atoms with Gasteiger partial charge in [-0.1, -0.05) is 30.3 Å². The lowest BCUT2D eigenvalue weighted by Gasteiger charge is -2.11. The van der Waals surface area contributed by atoms with E-state index in [1.165, 1.54) is 10.4 Å². The van der Waals surface area contributed by atoms with E-state index in [0.717, 1.165) is 48.4 Å². The summed E-state index contributed by atoms with van der Waals surface area (Å²) in [6, 6.07) is 10.6. The Kier molecular flexibility index (Phi) is 10.3. The highest BCUT2D eigenvalue weighted by molar-refractivity contribution is 14.0. The second-order valence-electron chi connectivity index (χ2n) is 6.92. The highest BCUT2D eigenvalue weighted by Gasteiger charge is 2.06. The fourth-order valence-electron chi connectivity index (χ4n) is 3.06. The van der Waals surface area contributed by atoms with Crippen LogP contribution in [-0.4, -0.2) is 27.0 Å². The van der Waals surface area contributed by atoms with E-state index < -0.39 is 0 Å². The molecule has 0 saturated carbocycles. The second kappa shape index (κ2) is 12.7. The minimum absolute atomic E-state index is 0. The number of imidazole rings is 1. The van der Waals surface area contributed by atoms with Gasteiger partial charge in [-0.25, -0.2) is 15.0 Å². The predicted octanol–water partition coefficient (Wildman–Crippen LogP) is 4.46. The summed E-state index contributed by atoms with van der Waals surface area (Å²) in [4.78, 5) is 15.1. The Labute approximate surface area is 200 Å². The number of nitrogens with one attached hydrogen (secondary N) is 2. The van der Waals surface area contributed by atoms with Gasteiger partial charge in [-0.15, -0.1) is 35.3 Å². The molecule has 0 fully saturated rings. The lowest BCUT2D eigenvalue weighted by Crippen LogP contribution is -2.36. The van der Waals surface area contributed by atoms with Gasteiger partial charge in [0.15, 0.2) is 5.96 Å². The Morgan fingerprint density at radius 3 is 2.67 bits per heavy atom. The van der Waals surface area contributed by atoms with Crippen molar-refractivity contribution in [3.05, 3.63) is 69.7 Å². The molecule has 30 heavy (non-hydrogen) atoms. The third-order valence-electron chi connectivity index (χ3n) is 4.71. The number of nitrogens with zero attached hydrogens (tertiary/aromatic N) is 4. The molecule has 2 heterocycles. The van der Waals surface area contributed by atoms with Gasteiger partial charge in [0.2, 0.25) is 0 Å². The molecular weight excluding hydrogens is 507 g/mol. The predicted molar refractivity (Wildman–Crippen MR) is 136 cm³/mol. The first-order valence-corrected chi connectivity index (χ1v) is 11.0. The molecule has 0 atom stereocenters. The number of hydrogen-bond donors (Lipinski definition) is 2. The SMILES string of the molecule is CCNC(=NCc1nccn1CCCc1ccccc1)NCc1nc(C)c(C)s1.I. The third-order valence-corrected chi connectivity index (χ3v) is 5.78. The van der Waals surface area contributed by atoms with Crippen molar-refractivity contribution < 1.29 is 0 Å². The maximum absolute atomic E-state index is 4.72. The van der Waals surface area contributed by atoms with E-state index in [1.807, 2.05) is 19.3 Å². The van der Waals surface area contributed by atoms with E-state index in [0.29, 0.717) is 13.1 Å². The van der Waals surface area contributed by atoms with Crippen LogP contribution in [0.2, 0.25) is 0 Å². The number of aliphatic imine (C=N–C) groups is 1. The number of benzene rings is 1. The van der Waals surface area contributed by atoms with E-state index >= 15 is 0 Å². The number of thiazole rings is 1. The van der Waals surface area contributed by atoms with Crippen molar-refractivity contribution in [1.29, 1.82) is 0 Å². The molecule has 2 aromatic heterocycles. The van der Waals surface area contributed by atoms with Gasteiger partial charge in [-0.3, -0.25) is 0 Å². The standard InChI is InChI=1S/C22H30N6S.HI/c1-4-23-22(26-16-21-27-17(2)18(3)29-21)25-15-20-24-12-14-28(20)13-8-11-19-9-6-5-7-10-19;/h5-7,9-10,12,14H,4,8,11,13,15-16H2,1-3H3,(H2,23,25,26);1H. The van der Waals surface area contributed by atoms with Crippen molar-refractivity contribution in [2.24, 2.45) is 4.99 Å². The van der Waals surface area contributed by atoms with Crippen LogP contribution in [0.1, 0.15) is 40.3 Å². The van der Waals surface area contributed by atoms with Crippen molar-refractivity contribution in [1.82, 2.24) is 25.2 Å². The average molecular weight is 539 g/mol. The summed E-state index contributed by atoms with van der Waals surface area (Å²) in [6.45, 7) is 9.20. The van der Waals surface area contributed by atoms with Gasteiger partial charge < -0.3 is 15.2 Å². The average Bonchev–Trinajstić information content (AvgIpc) is 3.30. The topological polar surface area (TPSA) is 67.1 Å². The van der Waals surface area contributed by atoms with Gasteiger partial charge in [0, 0.05) is 30.4 Å². The summed E-state index contributed by atoms with van der Waals surface area (Å²) in [5.41, 5.74) is 2.48. The quantitative estimate of drug-likeness (QED) is 0.240. The lowest BCUT2D eigenvalue weighted by molar-refractivity contribution is 0.610. The Balaban J connectivity index is 0.00000320. The van der Waals surface area contributed by atoms with Crippen LogP contribution in [0.25, 0.3) is 0 Å². The highest BCUT2D eigenvalue weighted by atomic mass is 127. The zero-order valence-electron chi connectivity index (χ0n) is 17.9. The van der Waals surface area contributed by atoms with Crippen molar-refractivity contribution in [3.63, 3.8) is 0 Å². The molecule has 0 saturated heterocycles. The van der Waals surface area contributed by atoms with E-state index in [9.17, 15) is 0 Å². The zero-order valence-corrected chi connectivity index (χ0v) is 21.0. The molecule has 0 aliphatic carbocycles. The summed E-state index contributed by atoms with van der Waals surface area (Å²) in [7, 11) is 0. The normalized spacial score (nSPS) is 11.2. The Hall–Kier alpha value is -1.94. The number of aromatic nitrogens is 3. The van der Waals surface area contributed by atoms with Gasteiger partial charge in [0.05, 0.1) is 12.2 Å². The van der Waals surface area contributed by atoms with Gasteiger partial charge in [0.25, 0.3) is 0 Å². The van der Waals surface area contributed by atoms with Crippen LogP contribution in [0.3, 0.4) is 0 Å². The largest absolute Gasteiger partial charge is 0.357 e. The Morgan fingerprint density at radius 2 is 1.97 bits per heavy atom. The monoisotopic (exact) mass is 538 g/mol. The number of aryl methyl sites for hydroxylation is 4. The number of halogens is 1. The first-order valence-electron chi connectivity index (χ1n) is 10.1. The molecule has 0 amide bonds. The maximum Gasteiger partial charge on any atom is 0.192 e. The molecule has 162 valence electrons. The van der Waals surface area contributed by atoms with Gasteiger partial charge in [-0.05, 0) is 39.2 Å². The molecule has 2 N–H and O–H groups in total. The van der Waals surface area contributed by atoms with Gasteiger partial charge in [0.1, 0.15) is 17.4 Å². The van der Waals surface area contributed by atoms with Crippen LogP contribution in [0.15, 0.2) is 47.7 Å². The van der Waals surface area contributed by atoms with Crippen molar-refractivity contribution in [2.75, 3.05) is 6.54 Å². The van der Waals surface area contributed by atoms with Gasteiger partial charge in [-0.2, -0.15) is 0 Å².